The van der Waals surface area contributed by atoms with E-state index in [4.69, 9.17) is 18.0 Å². The minimum Gasteiger partial charge on any atom is -0.393 e. The van der Waals surface area contributed by atoms with Crippen LogP contribution in [0.5, 0.6) is 0 Å². The third-order valence-electron chi connectivity index (χ3n) is 1.82. The molecule has 76 valence electrons. The van der Waals surface area contributed by atoms with Gasteiger partial charge in [-0.05, 0) is 13.2 Å². The van der Waals surface area contributed by atoms with E-state index in [0.29, 0.717) is 17.2 Å². The molecule has 0 heterocycles. The predicted molar refractivity (Wildman–Crippen MR) is 62.0 cm³/mol. The van der Waals surface area contributed by atoms with E-state index in [1.54, 1.807) is 11.9 Å². The van der Waals surface area contributed by atoms with Gasteiger partial charge in [-0.3, -0.25) is 4.79 Å². The topological polar surface area (TPSA) is 46.3 Å². The van der Waals surface area contributed by atoms with Crippen LogP contribution in [-0.2, 0) is 4.79 Å². The van der Waals surface area contributed by atoms with Gasteiger partial charge in [-0.1, -0.05) is 12.2 Å². The Hall–Kier alpha value is -0.290. The smallest absolute Gasteiger partial charge is 0.232 e. The second-order valence-corrected chi connectivity index (χ2v) is 4.35. The number of hydrogen-bond donors (Lipinski definition) is 1. The molecule has 3 nitrogen and oxygen atoms in total. The van der Waals surface area contributed by atoms with Crippen LogP contribution in [0.2, 0.25) is 0 Å². The summed E-state index contributed by atoms with van der Waals surface area (Å²) in [5, 5.41) is 0. The number of amides is 1. The third kappa shape index (κ3) is 5.10. The van der Waals surface area contributed by atoms with Crippen molar-refractivity contribution in [2.24, 2.45) is 5.73 Å². The molecule has 0 aromatic heterocycles. The van der Waals surface area contributed by atoms with E-state index >= 15 is 0 Å². The summed E-state index contributed by atoms with van der Waals surface area (Å²) in [6.45, 7) is 1.94. The molecule has 13 heavy (non-hydrogen) atoms. The van der Waals surface area contributed by atoms with Crippen LogP contribution in [0.1, 0.15) is 13.3 Å². The van der Waals surface area contributed by atoms with Crippen molar-refractivity contribution < 1.29 is 4.79 Å². The van der Waals surface area contributed by atoms with Crippen molar-refractivity contribution in [1.82, 2.24) is 4.90 Å². The summed E-state index contributed by atoms with van der Waals surface area (Å²) in [6.07, 6.45) is 2.50. The number of carbonyl (C=O) groups is 1. The molecule has 0 saturated heterocycles. The van der Waals surface area contributed by atoms with Gasteiger partial charge in [0.1, 0.15) is 0 Å². The van der Waals surface area contributed by atoms with Gasteiger partial charge in [0, 0.05) is 19.5 Å². The zero-order valence-corrected chi connectivity index (χ0v) is 9.87. The lowest BCUT2D eigenvalue weighted by Crippen LogP contribution is -2.38. The molecule has 5 heteroatoms. The summed E-state index contributed by atoms with van der Waals surface area (Å²) in [5.41, 5.74) is 5.39. The van der Waals surface area contributed by atoms with E-state index in [-0.39, 0.29) is 11.9 Å². The molecule has 0 radical (unpaired) electrons. The molecular weight excluding hydrogens is 204 g/mol. The Morgan fingerprint density at radius 2 is 2.23 bits per heavy atom. The van der Waals surface area contributed by atoms with Gasteiger partial charge in [0.2, 0.25) is 5.91 Å². The average molecular weight is 220 g/mol. The van der Waals surface area contributed by atoms with E-state index in [0.717, 1.165) is 0 Å². The molecule has 1 atom stereocenters. The van der Waals surface area contributed by atoms with Gasteiger partial charge in [0.05, 0.1) is 10.7 Å². The number of carbonyl (C=O) groups excluding carboxylic acids is 1. The molecule has 0 aliphatic heterocycles. The summed E-state index contributed by atoms with van der Waals surface area (Å²) in [6, 6.07) is 0.0946. The van der Waals surface area contributed by atoms with Crippen molar-refractivity contribution in [3.8, 4) is 0 Å². The van der Waals surface area contributed by atoms with Crippen LogP contribution in [0.25, 0.3) is 0 Å². The summed E-state index contributed by atoms with van der Waals surface area (Å²) >= 11 is 6.30. The normalized spacial score (nSPS) is 12.2. The number of rotatable bonds is 5. The molecule has 1 amide bonds. The molecule has 0 rings (SSSR count). The summed E-state index contributed by atoms with van der Waals surface area (Å²) < 4.78 is 0. The van der Waals surface area contributed by atoms with E-state index < -0.39 is 0 Å². The first-order chi connectivity index (χ1) is 5.99. The van der Waals surface area contributed by atoms with Crippen LogP contribution < -0.4 is 5.73 Å². The largest absolute Gasteiger partial charge is 0.393 e. The van der Waals surface area contributed by atoms with Gasteiger partial charge >= 0.3 is 0 Å². The van der Waals surface area contributed by atoms with Crippen molar-refractivity contribution in [2.45, 2.75) is 19.4 Å². The standard InChI is InChI=1S/C8H16N2OS2/c1-6(4-7(9)12)10(2)8(11)5-13-3/h6H,4-5H2,1-3H3,(H2,9,12). The zero-order valence-electron chi connectivity index (χ0n) is 8.24. The Morgan fingerprint density at radius 3 is 2.62 bits per heavy atom. The highest BCUT2D eigenvalue weighted by atomic mass is 32.2. The molecule has 0 aromatic carbocycles. The average Bonchev–Trinajstić information content (AvgIpc) is 2.02. The Morgan fingerprint density at radius 1 is 1.69 bits per heavy atom. The van der Waals surface area contributed by atoms with Gasteiger partial charge in [-0.15, -0.1) is 0 Å². The molecule has 0 bridgehead atoms. The first-order valence-electron chi connectivity index (χ1n) is 4.02. The van der Waals surface area contributed by atoms with Crippen LogP contribution in [0.4, 0.5) is 0 Å². The highest BCUT2D eigenvalue weighted by Crippen LogP contribution is 2.04. The van der Waals surface area contributed by atoms with Crippen molar-refractivity contribution >= 4 is 34.9 Å². The third-order valence-corrected chi connectivity index (χ3v) is 2.52. The van der Waals surface area contributed by atoms with E-state index in [1.807, 2.05) is 13.2 Å². The summed E-state index contributed by atoms with van der Waals surface area (Å²) in [7, 11) is 1.78. The van der Waals surface area contributed by atoms with Crippen LogP contribution in [0.3, 0.4) is 0 Å². The number of thioether (sulfide) groups is 1. The highest BCUT2D eigenvalue weighted by molar-refractivity contribution is 7.99. The molecule has 0 saturated carbocycles. The van der Waals surface area contributed by atoms with Gasteiger partial charge in [0.25, 0.3) is 0 Å². The predicted octanol–water partition coefficient (Wildman–Crippen LogP) is 0.873. The Labute approximate surface area is 89.0 Å². The minimum atomic E-state index is 0.0946. The molecule has 2 N–H and O–H groups in total. The monoisotopic (exact) mass is 220 g/mol. The highest BCUT2D eigenvalue weighted by Gasteiger charge is 2.15. The lowest BCUT2D eigenvalue weighted by molar-refractivity contribution is -0.128. The minimum absolute atomic E-state index is 0.0946. The van der Waals surface area contributed by atoms with Gasteiger partial charge in [-0.25, -0.2) is 0 Å². The van der Waals surface area contributed by atoms with Crippen molar-refractivity contribution in [1.29, 1.82) is 0 Å². The Kier molecular flexibility index (Phi) is 6.07. The quantitative estimate of drug-likeness (QED) is 0.699. The maximum absolute atomic E-state index is 11.4. The lowest BCUT2D eigenvalue weighted by atomic mass is 10.2. The second kappa shape index (κ2) is 6.21. The fraction of sp³-hybridized carbons (Fsp3) is 0.750. The Bertz CT molecular complexity index is 197. The summed E-state index contributed by atoms with van der Waals surface area (Å²) in [4.78, 5) is 13.5. The molecular formula is C8H16N2OS2. The number of nitrogens with zero attached hydrogens (tertiary/aromatic N) is 1. The molecule has 0 spiro atoms. The number of thiocarbonyl (C=S) groups is 1. The maximum atomic E-state index is 11.4. The maximum Gasteiger partial charge on any atom is 0.232 e. The second-order valence-electron chi connectivity index (χ2n) is 2.96. The van der Waals surface area contributed by atoms with Crippen LogP contribution in [-0.4, -0.2) is 40.9 Å². The SMILES string of the molecule is CSCC(=O)N(C)C(C)CC(N)=S. The molecule has 0 aliphatic rings. The number of hydrogen-bond acceptors (Lipinski definition) is 3. The summed E-state index contributed by atoms with van der Waals surface area (Å²) in [5.74, 6) is 0.634. The molecule has 0 aromatic rings. The van der Waals surface area contributed by atoms with Crippen LogP contribution in [0, 0.1) is 0 Å². The van der Waals surface area contributed by atoms with Gasteiger partial charge in [-0.2, -0.15) is 11.8 Å². The molecule has 1 unspecified atom stereocenters. The number of nitrogens with two attached hydrogens (primary N) is 1. The van der Waals surface area contributed by atoms with Gasteiger partial charge < -0.3 is 10.6 Å². The Balaban J connectivity index is 4.00. The van der Waals surface area contributed by atoms with E-state index in [1.165, 1.54) is 11.8 Å². The first kappa shape index (κ1) is 12.7. The van der Waals surface area contributed by atoms with E-state index in [2.05, 4.69) is 0 Å². The fourth-order valence-corrected chi connectivity index (χ4v) is 1.59. The van der Waals surface area contributed by atoms with E-state index in [9.17, 15) is 4.79 Å². The first-order valence-corrected chi connectivity index (χ1v) is 5.82. The fourth-order valence-electron chi connectivity index (χ4n) is 0.899. The van der Waals surface area contributed by atoms with Crippen LogP contribution >= 0.6 is 24.0 Å². The van der Waals surface area contributed by atoms with Crippen molar-refractivity contribution in [3.05, 3.63) is 0 Å². The van der Waals surface area contributed by atoms with Crippen LogP contribution in [0.15, 0.2) is 0 Å². The van der Waals surface area contributed by atoms with Crippen molar-refractivity contribution in [2.75, 3.05) is 19.1 Å². The zero-order chi connectivity index (χ0) is 10.4. The lowest BCUT2D eigenvalue weighted by Gasteiger charge is -2.24. The molecule has 0 aliphatic carbocycles. The van der Waals surface area contributed by atoms with Gasteiger partial charge in [0.15, 0.2) is 0 Å². The molecule has 0 fully saturated rings. The van der Waals surface area contributed by atoms with Crippen molar-refractivity contribution in [3.63, 3.8) is 0 Å².